The lowest BCUT2D eigenvalue weighted by Gasteiger charge is -2.17. The minimum absolute atomic E-state index is 0.0307. The Morgan fingerprint density at radius 2 is 2.20 bits per heavy atom. The van der Waals surface area contributed by atoms with Crippen molar-refractivity contribution in [2.75, 3.05) is 37.0 Å². The molecule has 0 aromatic carbocycles. The summed E-state index contributed by atoms with van der Waals surface area (Å²) in [6.45, 7) is 4.50. The summed E-state index contributed by atoms with van der Waals surface area (Å²) in [5.41, 5.74) is 0.690. The van der Waals surface area contributed by atoms with Crippen molar-refractivity contribution in [3.63, 3.8) is 0 Å². The first-order valence-corrected chi connectivity index (χ1v) is 6.96. The van der Waals surface area contributed by atoms with Crippen molar-refractivity contribution in [2.45, 2.75) is 25.8 Å². The largest absolute Gasteiger partial charge is 0.383 e. The Morgan fingerprint density at radius 3 is 2.80 bits per heavy atom. The van der Waals surface area contributed by atoms with Gasteiger partial charge < -0.3 is 20.3 Å². The zero-order valence-corrected chi connectivity index (χ0v) is 12.1. The zero-order valence-electron chi connectivity index (χ0n) is 12.1. The van der Waals surface area contributed by atoms with E-state index in [9.17, 15) is 4.79 Å². The van der Waals surface area contributed by atoms with Crippen LogP contribution in [-0.2, 0) is 4.74 Å². The molecule has 1 atom stereocenters. The van der Waals surface area contributed by atoms with E-state index in [0.717, 1.165) is 18.9 Å². The van der Waals surface area contributed by atoms with Crippen LogP contribution in [0, 0.1) is 0 Å². The summed E-state index contributed by atoms with van der Waals surface area (Å²) < 4.78 is 4.97. The number of carbonyl (C=O) groups is 1. The first kappa shape index (κ1) is 14.6. The van der Waals surface area contributed by atoms with Crippen molar-refractivity contribution >= 4 is 17.5 Å². The lowest BCUT2D eigenvalue weighted by molar-refractivity contribution is 0.173. The third kappa shape index (κ3) is 4.09. The number of aromatic nitrogens is 1. The van der Waals surface area contributed by atoms with Crippen molar-refractivity contribution < 1.29 is 9.53 Å². The molecule has 6 heteroatoms. The quantitative estimate of drug-likeness (QED) is 0.862. The molecule has 1 saturated heterocycles. The summed E-state index contributed by atoms with van der Waals surface area (Å²) in [5, 5.41) is 5.55. The highest BCUT2D eigenvalue weighted by Crippen LogP contribution is 2.18. The first-order valence-electron chi connectivity index (χ1n) is 6.96. The third-order valence-electron chi connectivity index (χ3n) is 3.23. The van der Waals surface area contributed by atoms with E-state index in [1.807, 2.05) is 19.1 Å². The molecule has 2 heterocycles. The van der Waals surface area contributed by atoms with Crippen molar-refractivity contribution in [1.29, 1.82) is 0 Å². The van der Waals surface area contributed by atoms with E-state index in [0.29, 0.717) is 12.3 Å². The molecule has 110 valence electrons. The van der Waals surface area contributed by atoms with Gasteiger partial charge in [0.25, 0.3) is 0 Å². The summed E-state index contributed by atoms with van der Waals surface area (Å²) in [5.74, 6) is 0.973. The fraction of sp³-hybridized carbons (Fsp3) is 0.571. The normalized spacial score (nSPS) is 16.0. The molecule has 0 spiro atoms. The average Bonchev–Trinajstić information content (AvgIpc) is 2.93. The predicted octanol–water partition coefficient (Wildman–Crippen LogP) is 1.84. The lowest BCUT2D eigenvalue weighted by atomic mass is 10.3. The van der Waals surface area contributed by atoms with E-state index in [1.54, 1.807) is 13.3 Å². The van der Waals surface area contributed by atoms with Gasteiger partial charge in [0.1, 0.15) is 5.82 Å². The molecule has 2 amide bonds. The summed E-state index contributed by atoms with van der Waals surface area (Å²) in [7, 11) is 1.61. The van der Waals surface area contributed by atoms with Gasteiger partial charge in [0.2, 0.25) is 0 Å². The zero-order chi connectivity index (χ0) is 14.4. The highest BCUT2D eigenvalue weighted by molar-refractivity contribution is 5.89. The Bertz CT molecular complexity index is 429. The monoisotopic (exact) mass is 278 g/mol. The van der Waals surface area contributed by atoms with Crippen LogP contribution in [0.5, 0.6) is 0 Å². The number of rotatable bonds is 5. The topological polar surface area (TPSA) is 66.5 Å². The number of anilines is 2. The SMILES string of the molecule is COCC(C)NC(=O)Nc1ccc(N2CCCC2)nc1. The van der Waals surface area contributed by atoms with Gasteiger partial charge in [0.05, 0.1) is 24.5 Å². The molecule has 0 aliphatic carbocycles. The first-order chi connectivity index (χ1) is 9.69. The number of methoxy groups -OCH3 is 1. The molecule has 1 aliphatic rings. The van der Waals surface area contributed by atoms with E-state index in [2.05, 4.69) is 20.5 Å². The number of nitrogens with zero attached hydrogens (tertiary/aromatic N) is 2. The Balaban J connectivity index is 1.85. The number of carbonyl (C=O) groups excluding carboxylic acids is 1. The molecular formula is C14H22N4O2. The van der Waals surface area contributed by atoms with Crippen molar-refractivity contribution in [3.8, 4) is 0 Å². The lowest BCUT2D eigenvalue weighted by Crippen LogP contribution is -2.38. The third-order valence-corrected chi connectivity index (χ3v) is 3.23. The Kier molecular flexibility index (Phi) is 5.17. The number of hydrogen-bond donors (Lipinski definition) is 2. The van der Waals surface area contributed by atoms with Gasteiger partial charge in [-0.2, -0.15) is 0 Å². The van der Waals surface area contributed by atoms with Gasteiger partial charge in [0, 0.05) is 20.2 Å². The number of pyridine rings is 1. The number of amides is 2. The Labute approximate surface area is 119 Å². The van der Waals surface area contributed by atoms with Gasteiger partial charge in [-0.1, -0.05) is 0 Å². The van der Waals surface area contributed by atoms with Crippen LogP contribution in [-0.4, -0.2) is 43.9 Å². The fourth-order valence-corrected chi connectivity index (χ4v) is 2.28. The molecule has 1 aliphatic heterocycles. The molecule has 1 aromatic rings. The molecule has 0 radical (unpaired) electrons. The molecule has 20 heavy (non-hydrogen) atoms. The maximum Gasteiger partial charge on any atom is 0.319 e. The van der Waals surface area contributed by atoms with E-state index in [-0.39, 0.29) is 12.1 Å². The average molecular weight is 278 g/mol. The van der Waals surface area contributed by atoms with Crippen LogP contribution in [0.1, 0.15) is 19.8 Å². The van der Waals surface area contributed by atoms with Crippen molar-refractivity contribution in [3.05, 3.63) is 18.3 Å². The highest BCUT2D eigenvalue weighted by atomic mass is 16.5. The molecular weight excluding hydrogens is 256 g/mol. The molecule has 1 unspecified atom stereocenters. The molecule has 6 nitrogen and oxygen atoms in total. The Morgan fingerprint density at radius 1 is 1.45 bits per heavy atom. The minimum Gasteiger partial charge on any atom is -0.383 e. The van der Waals surface area contributed by atoms with Crippen LogP contribution >= 0.6 is 0 Å². The molecule has 2 rings (SSSR count). The van der Waals surface area contributed by atoms with Crippen molar-refractivity contribution in [1.82, 2.24) is 10.3 Å². The van der Waals surface area contributed by atoms with Gasteiger partial charge in [-0.15, -0.1) is 0 Å². The molecule has 1 fully saturated rings. The van der Waals surface area contributed by atoms with E-state index < -0.39 is 0 Å². The second kappa shape index (κ2) is 7.09. The highest BCUT2D eigenvalue weighted by Gasteiger charge is 2.13. The van der Waals surface area contributed by atoms with Gasteiger partial charge in [0.15, 0.2) is 0 Å². The molecule has 1 aromatic heterocycles. The maximum absolute atomic E-state index is 11.7. The van der Waals surface area contributed by atoms with Crippen LogP contribution in [0.15, 0.2) is 18.3 Å². The van der Waals surface area contributed by atoms with Crippen LogP contribution < -0.4 is 15.5 Å². The summed E-state index contributed by atoms with van der Waals surface area (Å²) in [6, 6.07) is 3.54. The second-order valence-electron chi connectivity index (χ2n) is 5.05. The summed E-state index contributed by atoms with van der Waals surface area (Å²) in [4.78, 5) is 18.4. The fourth-order valence-electron chi connectivity index (χ4n) is 2.28. The molecule has 2 N–H and O–H groups in total. The number of ether oxygens (including phenoxy) is 1. The van der Waals surface area contributed by atoms with Gasteiger partial charge in [-0.3, -0.25) is 0 Å². The van der Waals surface area contributed by atoms with Gasteiger partial charge in [-0.25, -0.2) is 9.78 Å². The molecule has 0 bridgehead atoms. The van der Waals surface area contributed by atoms with Crippen LogP contribution in [0.2, 0.25) is 0 Å². The van der Waals surface area contributed by atoms with Gasteiger partial charge >= 0.3 is 6.03 Å². The number of urea groups is 1. The second-order valence-corrected chi connectivity index (χ2v) is 5.05. The van der Waals surface area contributed by atoms with Gasteiger partial charge in [-0.05, 0) is 31.9 Å². The van der Waals surface area contributed by atoms with Crippen molar-refractivity contribution in [2.24, 2.45) is 0 Å². The maximum atomic E-state index is 11.7. The number of nitrogens with one attached hydrogen (secondary N) is 2. The predicted molar refractivity (Wildman–Crippen MR) is 79.2 cm³/mol. The van der Waals surface area contributed by atoms with Crippen LogP contribution in [0.4, 0.5) is 16.3 Å². The number of hydrogen-bond acceptors (Lipinski definition) is 4. The van der Waals surface area contributed by atoms with Crippen LogP contribution in [0.3, 0.4) is 0 Å². The van der Waals surface area contributed by atoms with E-state index in [4.69, 9.17) is 4.74 Å². The van der Waals surface area contributed by atoms with E-state index in [1.165, 1.54) is 12.8 Å². The van der Waals surface area contributed by atoms with Crippen LogP contribution in [0.25, 0.3) is 0 Å². The standard InChI is InChI=1S/C14H22N4O2/c1-11(10-20-2)16-14(19)17-12-5-6-13(15-9-12)18-7-3-4-8-18/h5-6,9,11H,3-4,7-8,10H2,1-2H3,(H2,16,17,19). The Hall–Kier alpha value is -1.82. The minimum atomic E-state index is -0.245. The smallest absolute Gasteiger partial charge is 0.319 e. The summed E-state index contributed by atoms with van der Waals surface area (Å²) >= 11 is 0. The molecule has 0 saturated carbocycles. The summed E-state index contributed by atoms with van der Waals surface area (Å²) in [6.07, 6.45) is 4.14. The van der Waals surface area contributed by atoms with E-state index >= 15 is 0 Å².